The molecule has 2 aliphatic heterocycles. The van der Waals surface area contributed by atoms with Gasteiger partial charge in [0.1, 0.15) is 0 Å². The van der Waals surface area contributed by atoms with Crippen LogP contribution in [0, 0.1) is 0 Å². The van der Waals surface area contributed by atoms with E-state index in [0.717, 1.165) is 78.0 Å². The van der Waals surface area contributed by atoms with Crippen LogP contribution < -0.4 is 22.9 Å². The van der Waals surface area contributed by atoms with Crippen molar-refractivity contribution in [3.63, 3.8) is 0 Å². The zero-order valence-corrected chi connectivity index (χ0v) is 29.1. The number of H-pyrrole nitrogens is 2. The van der Waals surface area contributed by atoms with Gasteiger partial charge in [-0.3, -0.25) is 0 Å². The van der Waals surface area contributed by atoms with Gasteiger partial charge in [0.25, 0.3) is 0 Å². The van der Waals surface area contributed by atoms with Gasteiger partial charge in [-0.2, -0.15) is 0 Å². The molecule has 0 saturated carbocycles. The number of rotatable bonds is 4. The Morgan fingerprint density at radius 2 is 0.925 bits per heavy atom. The van der Waals surface area contributed by atoms with Gasteiger partial charge in [-0.05, 0) is 113 Å². The Balaban J connectivity index is 1.55. The Morgan fingerprint density at radius 3 is 1.49 bits per heavy atom. The highest BCUT2D eigenvalue weighted by atomic mass is 35.5. The summed E-state index contributed by atoms with van der Waals surface area (Å²) < 4.78 is 0. The maximum Gasteiger partial charge on any atom is 0.0851 e. The van der Waals surface area contributed by atoms with Crippen molar-refractivity contribution in [1.29, 1.82) is 0 Å². The number of halogens is 1. The average molecular weight is 709 g/mol. The number of anilines is 4. The lowest BCUT2D eigenvalue weighted by molar-refractivity contribution is 1.30. The molecule has 0 amide bonds. The molecule has 0 saturated heterocycles. The highest BCUT2D eigenvalue weighted by Gasteiger charge is 2.27. The summed E-state index contributed by atoms with van der Waals surface area (Å²) in [6, 6.07) is 41.4. The SMILES string of the molecule is Nc1ccc(C2=C(Cl)c3cc4ccc(cc5nc(cc6[nH]c(c(-c7ccc(N)cc7)c2n3)c(-c2ccc(N)cc2)c6-c2ccc(N)cc2)C=C5)[nH]4)cc1. The molecule has 9 rings (SSSR count). The van der Waals surface area contributed by atoms with Crippen molar-refractivity contribution < 1.29 is 0 Å². The fraction of sp³-hybridized carbons (Fsp3) is 0. The minimum atomic E-state index is 0.509. The Bertz CT molecular complexity index is 2790. The standard InChI is InChI=1S/C44H33ClN8/c45-42-37-23-35-20-18-33(51-35)21-32-17-19-34(50-32)22-36-38(24-1-9-28(46)10-2-24)39(25-3-11-29(47)12-4-25)43(52-36)41(27-7-15-31(49)16-8-27)44(53-37)40(42)26-5-13-30(48)14-6-26/h1-23,51-52H,46-49H2. The monoisotopic (exact) mass is 708 g/mol. The molecule has 7 aromatic rings. The van der Waals surface area contributed by atoms with Gasteiger partial charge >= 0.3 is 0 Å². The zero-order valence-electron chi connectivity index (χ0n) is 28.4. The highest BCUT2D eigenvalue weighted by Crippen LogP contribution is 2.48. The molecule has 53 heavy (non-hydrogen) atoms. The number of nitrogen functional groups attached to an aromatic ring is 4. The van der Waals surface area contributed by atoms with Crippen molar-refractivity contribution in [2.75, 3.05) is 22.9 Å². The third-order valence-corrected chi connectivity index (χ3v) is 9.91. The molecule has 256 valence electrons. The topological polar surface area (TPSA) is 161 Å². The van der Waals surface area contributed by atoms with Gasteiger partial charge in [-0.15, -0.1) is 0 Å². The molecule has 10 N–H and O–H groups in total. The number of nitrogens with two attached hydrogens (primary N) is 4. The smallest absolute Gasteiger partial charge is 0.0851 e. The summed E-state index contributed by atoms with van der Waals surface area (Å²) in [7, 11) is 0. The van der Waals surface area contributed by atoms with Crippen LogP contribution in [-0.4, -0.2) is 19.9 Å². The van der Waals surface area contributed by atoms with Crippen molar-refractivity contribution in [1.82, 2.24) is 19.9 Å². The quantitative estimate of drug-likeness (QED) is 0.0997. The van der Waals surface area contributed by atoms with E-state index in [0.29, 0.717) is 39.2 Å². The van der Waals surface area contributed by atoms with E-state index in [1.54, 1.807) is 0 Å². The maximum atomic E-state index is 7.42. The summed E-state index contributed by atoms with van der Waals surface area (Å²) in [6.45, 7) is 0. The third-order valence-electron chi connectivity index (χ3n) is 9.53. The van der Waals surface area contributed by atoms with Gasteiger partial charge < -0.3 is 32.9 Å². The molecule has 5 heterocycles. The first-order valence-corrected chi connectivity index (χ1v) is 17.5. The molecule has 4 aromatic carbocycles. The van der Waals surface area contributed by atoms with Crippen LogP contribution in [-0.2, 0) is 0 Å². The molecule has 8 bridgehead atoms. The number of hydrogen-bond donors (Lipinski definition) is 6. The molecule has 2 aliphatic rings. The first-order chi connectivity index (χ1) is 25.8. The lowest BCUT2D eigenvalue weighted by Gasteiger charge is -2.13. The molecule has 3 aromatic heterocycles. The fourth-order valence-electron chi connectivity index (χ4n) is 7.01. The molecule has 8 nitrogen and oxygen atoms in total. The molecule has 0 radical (unpaired) electrons. The number of nitrogens with zero attached hydrogens (tertiary/aromatic N) is 2. The number of nitrogens with one attached hydrogen (secondary N) is 2. The Labute approximate surface area is 310 Å². The van der Waals surface area contributed by atoms with Crippen molar-refractivity contribution >= 4 is 79.2 Å². The molecule has 0 aliphatic carbocycles. The van der Waals surface area contributed by atoms with Gasteiger partial charge in [0.15, 0.2) is 0 Å². The van der Waals surface area contributed by atoms with E-state index in [-0.39, 0.29) is 0 Å². The molecule has 9 heteroatoms. The van der Waals surface area contributed by atoms with Gasteiger partial charge in [0, 0.05) is 61.6 Å². The largest absolute Gasteiger partial charge is 0.399 e. The zero-order chi connectivity index (χ0) is 36.2. The Kier molecular flexibility index (Phi) is 7.61. The first kappa shape index (κ1) is 31.9. The minimum Gasteiger partial charge on any atom is -0.399 e. The van der Waals surface area contributed by atoms with Crippen LogP contribution in [0.3, 0.4) is 0 Å². The molecule has 0 unspecified atom stereocenters. The molecule has 0 spiro atoms. The van der Waals surface area contributed by atoms with Crippen LogP contribution >= 0.6 is 11.6 Å². The Morgan fingerprint density at radius 1 is 0.453 bits per heavy atom. The van der Waals surface area contributed by atoms with Gasteiger partial charge in [-0.25, -0.2) is 9.97 Å². The Hall–Kier alpha value is -7.03. The van der Waals surface area contributed by atoms with Crippen molar-refractivity contribution in [2.45, 2.75) is 0 Å². The van der Waals surface area contributed by atoms with E-state index in [4.69, 9.17) is 44.5 Å². The second-order valence-corrected chi connectivity index (χ2v) is 13.5. The van der Waals surface area contributed by atoms with Gasteiger partial charge in [-0.1, -0.05) is 60.1 Å². The van der Waals surface area contributed by atoms with Crippen molar-refractivity contribution in [2.24, 2.45) is 0 Å². The second-order valence-electron chi connectivity index (χ2n) is 13.2. The van der Waals surface area contributed by atoms with E-state index in [2.05, 4.69) is 16.0 Å². The summed E-state index contributed by atoms with van der Waals surface area (Å²) in [5.74, 6) is 0. The lowest BCUT2D eigenvalue weighted by atomic mass is 9.90. The van der Waals surface area contributed by atoms with E-state index in [9.17, 15) is 0 Å². The van der Waals surface area contributed by atoms with Crippen molar-refractivity contribution in [3.8, 4) is 33.4 Å². The van der Waals surface area contributed by atoms with E-state index in [1.807, 2.05) is 133 Å². The van der Waals surface area contributed by atoms with Crippen LogP contribution in [0.25, 0.3) is 78.2 Å². The number of aromatic amines is 2. The molecule has 0 atom stereocenters. The third kappa shape index (κ3) is 5.87. The summed E-state index contributed by atoms with van der Waals surface area (Å²) in [4.78, 5) is 17.7. The summed E-state index contributed by atoms with van der Waals surface area (Å²) in [5, 5.41) is 0.509. The predicted molar refractivity (Wildman–Crippen MR) is 222 cm³/mol. The van der Waals surface area contributed by atoms with Crippen LogP contribution in [0.15, 0.2) is 127 Å². The number of fused-ring (bicyclic) bond motifs is 8. The fourth-order valence-corrected chi connectivity index (χ4v) is 7.30. The average Bonchev–Trinajstić information content (AvgIpc) is 3.94. The van der Waals surface area contributed by atoms with Gasteiger partial charge in [0.05, 0.1) is 33.3 Å². The minimum absolute atomic E-state index is 0.509. The summed E-state index contributed by atoms with van der Waals surface area (Å²) >= 11 is 7.42. The van der Waals surface area contributed by atoms with E-state index < -0.39 is 0 Å². The van der Waals surface area contributed by atoms with E-state index in [1.165, 1.54) is 0 Å². The second kappa shape index (κ2) is 12.6. The van der Waals surface area contributed by atoms with Gasteiger partial charge in [0.2, 0.25) is 0 Å². The number of hydrogen-bond acceptors (Lipinski definition) is 6. The number of aromatic nitrogens is 4. The first-order valence-electron chi connectivity index (χ1n) is 17.1. The van der Waals surface area contributed by atoms with Crippen LogP contribution in [0.4, 0.5) is 22.7 Å². The number of benzene rings is 4. The maximum absolute atomic E-state index is 7.42. The summed E-state index contributed by atoms with van der Waals surface area (Å²) in [6.07, 6.45) is 4.03. The molecular weight excluding hydrogens is 676 g/mol. The lowest BCUT2D eigenvalue weighted by Crippen LogP contribution is -1.94. The predicted octanol–water partition coefficient (Wildman–Crippen LogP) is 9.97. The normalized spacial score (nSPS) is 12.4. The molecule has 0 fully saturated rings. The summed E-state index contributed by atoms with van der Waals surface area (Å²) in [5.41, 5.74) is 41.0. The molecular formula is C44H33ClN8. The van der Waals surface area contributed by atoms with Crippen LogP contribution in [0.5, 0.6) is 0 Å². The van der Waals surface area contributed by atoms with Crippen molar-refractivity contribution in [3.05, 3.63) is 156 Å². The van der Waals surface area contributed by atoms with Crippen LogP contribution in [0.2, 0.25) is 0 Å². The van der Waals surface area contributed by atoms with E-state index >= 15 is 0 Å². The highest BCUT2D eigenvalue weighted by molar-refractivity contribution is 6.54. The van der Waals surface area contributed by atoms with Crippen LogP contribution in [0.1, 0.15) is 28.3 Å².